The van der Waals surface area contributed by atoms with Crippen molar-refractivity contribution in [1.82, 2.24) is 10.2 Å². The van der Waals surface area contributed by atoms with E-state index in [4.69, 9.17) is 5.11 Å². The second-order valence-corrected chi connectivity index (χ2v) is 8.46. The normalized spacial score (nSPS) is 18.9. The number of aliphatic hydroxyl groups is 1. The zero-order chi connectivity index (χ0) is 20.8. The van der Waals surface area contributed by atoms with Gasteiger partial charge >= 0.3 is 0 Å². The number of piperidine rings is 1. The van der Waals surface area contributed by atoms with Gasteiger partial charge in [-0.15, -0.1) is 11.8 Å². The summed E-state index contributed by atoms with van der Waals surface area (Å²) in [5.74, 6) is -1.05. The predicted octanol–water partition coefficient (Wildman–Crippen LogP) is 2.51. The van der Waals surface area contributed by atoms with E-state index in [2.05, 4.69) is 5.32 Å². The maximum atomic E-state index is 13.0. The van der Waals surface area contributed by atoms with Crippen molar-refractivity contribution in [2.24, 2.45) is 0 Å². The molecule has 2 heterocycles. The molecule has 29 heavy (non-hydrogen) atoms. The fourth-order valence-electron chi connectivity index (χ4n) is 3.71. The number of imide groups is 2. The smallest absolute Gasteiger partial charge is 0.263 e. The van der Waals surface area contributed by atoms with Gasteiger partial charge in [0, 0.05) is 17.9 Å². The van der Waals surface area contributed by atoms with Crippen LogP contribution in [0.25, 0.3) is 0 Å². The average molecular weight is 419 g/mol. The summed E-state index contributed by atoms with van der Waals surface area (Å²) in [6.45, 7) is 0.248. The van der Waals surface area contributed by atoms with Crippen LogP contribution in [0.4, 0.5) is 0 Å². The Hall–Kier alpha value is -2.19. The highest BCUT2D eigenvalue weighted by molar-refractivity contribution is 7.99. The number of nitrogens with zero attached hydrogens (tertiary/aromatic N) is 1. The zero-order valence-electron chi connectivity index (χ0n) is 16.3. The lowest BCUT2D eigenvalue weighted by atomic mass is 10.0. The summed E-state index contributed by atoms with van der Waals surface area (Å²) in [7, 11) is 0. The summed E-state index contributed by atoms with van der Waals surface area (Å²) in [4.78, 5) is 51.1. The van der Waals surface area contributed by atoms with E-state index < -0.39 is 23.8 Å². The predicted molar refractivity (Wildman–Crippen MR) is 109 cm³/mol. The van der Waals surface area contributed by atoms with Gasteiger partial charge in [0.25, 0.3) is 11.8 Å². The largest absolute Gasteiger partial charge is 0.396 e. The highest BCUT2D eigenvalue weighted by Crippen LogP contribution is 2.34. The highest BCUT2D eigenvalue weighted by atomic mass is 32.2. The number of benzene rings is 1. The lowest BCUT2D eigenvalue weighted by Gasteiger charge is -2.27. The molecule has 8 heteroatoms. The molecule has 7 nitrogen and oxygen atoms in total. The number of hydrogen-bond donors (Lipinski definition) is 2. The quantitative estimate of drug-likeness (QED) is 0.344. The van der Waals surface area contributed by atoms with Crippen molar-refractivity contribution in [3.05, 3.63) is 29.3 Å². The van der Waals surface area contributed by atoms with Gasteiger partial charge in [0.05, 0.1) is 11.1 Å². The molecule has 1 aromatic carbocycles. The third-order valence-electron chi connectivity index (χ3n) is 5.24. The molecule has 1 unspecified atom stereocenters. The van der Waals surface area contributed by atoms with E-state index in [-0.39, 0.29) is 25.4 Å². The second kappa shape index (κ2) is 10.0. The summed E-state index contributed by atoms with van der Waals surface area (Å²) < 4.78 is 0. The average Bonchev–Trinajstić information content (AvgIpc) is 2.95. The minimum Gasteiger partial charge on any atom is -0.396 e. The number of unbranched alkanes of at least 4 members (excludes halogenated alkanes) is 5. The molecule has 1 atom stereocenters. The highest BCUT2D eigenvalue weighted by Gasteiger charge is 2.45. The Morgan fingerprint density at radius 1 is 1.00 bits per heavy atom. The van der Waals surface area contributed by atoms with Crippen LogP contribution in [-0.4, -0.2) is 52.0 Å². The maximum Gasteiger partial charge on any atom is 0.263 e. The first kappa shape index (κ1) is 21.5. The SMILES string of the molecule is O=C1CCC(N2C(=O)c3cccc(SCCCCCCCCO)c3C2=O)C(=O)N1. The van der Waals surface area contributed by atoms with Crippen molar-refractivity contribution in [3.63, 3.8) is 0 Å². The number of hydrogen-bond acceptors (Lipinski definition) is 6. The summed E-state index contributed by atoms with van der Waals surface area (Å²) in [6.07, 6.45) is 6.50. The number of amides is 4. The van der Waals surface area contributed by atoms with E-state index in [0.29, 0.717) is 11.1 Å². The van der Waals surface area contributed by atoms with E-state index in [9.17, 15) is 19.2 Å². The molecule has 0 saturated carbocycles. The van der Waals surface area contributed by atoms with Crippen LogP contribution in [0.1, 0.15) is 72.1 Å². The van der Waals surface area contributed by atoms with Crippen molar-refractivity contribution >= 4 is 35.4 Å². The zero-order valence-corrected chi connectivity index (χ0v) is 17.1. The van der Waals surface area contributed by atoms with Crippen LogP contribution >= 0.6 is 11.8 Å². The van der Waals surface area contributed by atoms with Gasteiger partial charge in [-0.2, -0.15) is 0 Å². The second-order valence-electron chi connectivity index (χ2n) is 7.32. The number of nitrogens with one attached hydrogen (secondary N) is 1. The molecule has 3 rings (SSSR count). The van der Waals surface area contributed by atoms with Crippen molar-refractivity contribution < 1.29 is 24.3 Å². The molecule has 2 aliphatic rings. The fraction of sp³-hybridized carbons (Fsp3) is 0.524. The molecule has 2 aliphatic heterocycles. The summed E-state index contributed by atoms with van der Waals surface area (Å²) in [6, 6.07) is 4.28. The summed E-state index contributed by atoms with van der Waals surface area (Å²) in [5.41, 5.74) is 0.698. The Kier molecular flexibility index (Phi) is 7.44. The molecule has 2 N–H and O–H groups in total. The van der Waals surface area contributed by atoms with Crippen molar-refractivity contribution in [2.75, 3.05) is 12.4 Å². The molecule has 1 saturated heterocycles. The third-order valence-corrected chi connectivity index (χ3v) is 6.38. The van der Waals surface area contributed by atoms with Crippen LogP contribution in [0, 0.1) is 0 Å². The van der Waals surface area contributed by atoms with Crippen LogP contribution in [0.5, 0.6) is 0 Å². The van der Waals surface area contributed by atoms with Crippen LogP contribution in [-0.2, 0) is 9.59 Å². The number of fused-ring (bicyclic) bond motifs is 1. The van der Waals surface area contributed by atoms with Crippen LogP contribution in [0.2, 0.25) is 0 Å². The lowest BCUT2D eigenvalue weighted by Crippen LogP contribution is -2.54. The van der Waals surface area contributed by atoms with E-state index in [1.807, 2.05) is 6.07 Å². The Morgan fingerprint density at radius 3 is 2.45 bits per heavy atom. The van der Waals surface area contributed by atoms with Gasteiger partial charge in [-0.25, -0.2) is 0 Å². The van der Waals surface area contributed by atoms with Crippen molar-refractivity contribution in [3.8, 4) is 0 Å². The first-order valence-corrected chi connectivity index (χ1v) is 11.1. The standard InChI is InChI=1S/C21H26N2O5S/c24-12-5-3-1-2-4-6-13-29-16-9-7-8-14-18(16)21(28)23(20(14)27)15-10-11-17(25)22-19(15)26/h7-9,15,24H,1-6,10-13H2,(H,22,25,26). The van der Waals surface area contributed by atoms with E-state index in [1.54, 1.807) is 23.9 Å². The Morgan fingerprint density at radius 2 is 1.72 bits per heavy atom. The van der Waals surface area contributed by atoms with Crippen molar-refractivity contribution in [1.29, 1.82) is 0 Å². The van der Waals surface area contributed by atoms with Crippen LogP contribution < -0.4 is 5.32 Å². The molecule has 1 aromatic rings. The first-order chi connectivity index (χ1) is 14.0. The number of aliphatic hydroxyl groups excluding tert-OH is 1. The molecule has 0 aromatic heterocycles. The Labute approximate surface area is 174 Å². The summed E-state index contributed by atoms with van der Waals surface area (Å²) in [5, 5.41) is 11.0. The number of rotatable bonds is 10. The monoisotopic (exact) mass is 418 g/mol. The van der Waals surface area contributed by atoms with Gasteiger partial charge in [-0.3, -0.25) is 29.4 Å². The van der Waals surface area contributed by atoms with Crippen molar-refractivity contribution in [2.45, 2.75) is 62.3 Å². The van der Waals surface area contributed by atoms with Gasteiger partial charge in [0.1, 0.15) is 6.04 Å². The first-order valence-electron chi connectivity index (χ1n) is 10.1. The molecule has 0 bridgehead atoms. The minimum atomic E-state index is -0.933. The fourth-order valence-corrected chi connectivity index (χ4v) is 4.79. The molecule has 1 fully saturated rings. The molecule has 0 spiro atoms. The van der Waals surface area contributed by atoms with Gasteiger partial charge in [-0.05, 0) is 37.1 Å². The van der Waals surface area contributed by atoms with Crippen LogP contribution in [0.3, 0.4) is 0 Å². The van der Waals surface area contributed by atoms with E-state index in [0.717, 1.165) is 54.1 Å². The third kappa shape index (κ3) is 4.87. The minimum absolute atomic E-state index is 0.115. The van der Waals surface area contributed by atoms with Crippen LogP contribution in [0.15, 0.2) is 23.1 Å². The number of carbonyl (C=O) groups excluding carboxylic acids is 4. The topological polar surface area (TPSA) is 104 Å². The molecule has 0 aliphatic carbocycles. The maximum absolute atomic E-state index is 13.0. The number of carbonyl (C=O) groups is 4. The van der Waals surface area contributed by atoms with Gasteiger partial charge in [0.2, 0.25) is 11.8 Å². The molecular formula is C21H26N2O5S. The summed E-state index contributed by atoms with van der Waals surface area (Å²) >= 11 is 1.56. The van der Waals surface area contributed by atoms with Gasteiger partial charge < -0.3 is 5.11 Å². The molecule has 156 valence electrons. The molecular weight excluding hydrogens is 392 g/mol. The number of thioether (sulfide) groups is 1. The Balaban J connectivity index is 1.61. The van der Waals surface area contributed by atoms with Gasteiger partial charge in [0.15, 0.2) is 0 Å². The van der Waals surface area contributed by atoms with E-state index in [1.165, 1.54) is 0 Å². The Bertz CT molecular complexity index is 810. The van der Waals surface area contributed by atoms with Gasteiger partial charge in [-0.1, -0.05) is 31.7 Å². The van der Waals surface area contributed by atoms with E-state index >= 15 is 0 Å². The molecule has 0 radical (unpaired) electrons. The molecule has 4 amide bonds. The lowest BCUT2D eigenvalue weighted by molar-refractivity contribution is -0.136.